The second-order valence-corrected chi connectivity index (χ2v) is 9.08. The summed E-state index contributed by atoms with van der Waals surface area (Å²) in [6, 6.07) is 16.1. The number of nitriles is 1. The minimum absolute atomic E-state index is 0.0794. The van der Waals surface area contributed by atoms with Crippen molar-refractivity contribution in [3.63, 3.8) is 0 Å². The van der Waals surface area contributed by atoms with Gasteiger partial charge in [-0.2, -0.15) is 5.26 Å². The van der Waals surface area contributed by atoms with Crippen molar-refractivity contribution in [1.29, 1.82) is 5.26 Å². The van der Waals surface area contributed by atoms with Gasteiger partial charge in [0.2, 0.25) is 0 Å². The van der Waals surface area contributed by atoms with E-state index < -0.39 is 0 Å². The molecule has 0 atom stereocenters. The molecule has 0 aromatic heterocycles. The van der Waals surface area contributed by atoms with Gasteiger partial charge < -0.3 is 20.9 Å². The zero-order chi connectivity index (χ0) is 25.1. The summed E-state index contributed by atoms with van der Waals surface area (Å²) >= 11 is 6.49. The lowest BCUT2D eigenvalue weighted by Crippen LogP contribution is -2.11. The number of nitrogens with two attached hydrogens (primary N) is 2. The number of ether oxygens (including phenoxy) is 2. The smallest absolute Gasteiger partial charge is 0.142 e. The highest BCUT2D eigenvalue weighted by atomic mass is 35.5. The van der Waals surface area contributed by atoms with Crippen molar-refractivity contribution in [1.82, 2.24) is 0 Å². The molecular formula is C29H28ClN3O2. The van der Waals surface area contributed by atoms with Gasteiger partial charge in [0.15, 0.2) is 0 Å². The summed E-state index contributed by atoms with van der Waals surface area (Å²) in [6.07, 6.45) is 2.58. The van der Waals surface area contributed by atoms with Crippen LogP contribution < -0.4 is 20.9 Å². The lowest BCUT2D eigenvalue weighted by molar-refractivity contribution is 0.299. The van der Waals surface area contributed by atoms with Gasteiger partial charge in [0, 0.05) is 29.4 Å². The molecule has 0 aliphatic heterocycles. The van der Waals surface area contributed by atoms with Crippen molar-refractivity contribution in [2.75, 3.05) is 6.61 Å². The van der Waals surface area contributed by atoms with E-state index in [1.165, 1.54) is 39.5 Å². The minimum Gasteiger partial charge on any atom is -0.487 e. The van der Waals surface area contributed by atoms with Gasteiger partial charge in [-0.25, -0.2) is 0 Å². The fourth-order valence-corrected chi connectivity index (χ4v) is 4.41. The van der Waals surface area contributed by atoms with Crippen LogP contribution >= 0.6 is 11.6 Å². The lowest BCUT2D eigenvalue weighted by Gasteiger charge is -2.17. The highest BCUT2D eigenvalue weighted by molar-refractivity contribution is 6.32. The summed E-state index contributed by atoms with van der Waals surface area (Å²) in [5.41, 5.74) is 22.2. The van der Waals surface area contributed by atoms with Gasteiger partial charge in [0.05, 0.1) is 11.1 Å². The molecule has 178 valence electrons. The first-order chi connectivity index (χ1) is 16.8. The Kier molecular flexibility index (Phi) is 7.16. The average Bonchev–Trinajstić information content (AvgIpc) is 3.64. The molecule has 5 nitrogen and oxygen atoms in total. The van der Waals surface area contributed by atoms with Gasteiger partial charge in [0.25, 0.3) is 0 Å². The third-order valence-corrected chi connectivity index (χ3v) is 6.58. The molecule has 0 amide bonds. The molecular weight excluding hydrogens is 458 g/mol. The van der Waals surface area contributed by atoms with Crippen LogP contribution in [-0.4, -0.2) is 6.61 Å². The van der Waals surface area contributed by atoms with Crippen LogP contribution in [0.25, 0.3) is 11.1 Å². The summed E-state index contributed by atoms with van der Waals surface area (Å²) in [5, 5.41) is 9.32. The molecule has 0 spiro atoms. The van der Waals surface area contributed by atoms with Crippen molar-refractivity contribution >= 4 is 11.6 Å². The van der Waals surface area contributed by atoms with Crippen molar-refractivity contribution in [2.24, 2.45) is 11.5 Å². The van der Waals surface area contributed by atoms with E-state index in [1.807, 2.05) is 6.07 Å². The molecule has 0 bridgehead atoms. The molecule has 4 rings (SSSR count). The standard InChI is InChI=1S/C29H28ClN3O2/c1-17(13-31)9-23(33)16-35-28-12-29(27(30)11-22(28)14-32)34-15-21-5-4-6-24(18(21)2)25-8-7-20-10-26(20)19(25)3/h4-9,11-12H,1,10,14-16,32-33H2,2-3H3/b23-9-. The Morgan fingerprint density at radius 1 is 1.09 bits per heavy atom. The number of allylic oxidation sites excluding steroid dienone is 2. The molecule has 0 saturated carbocycles. The minimum atomic E-state index is 0.0794. The zero-order valence-corrected chi connectivity index (χ0v) is 20.7. The molecule has 0 heterocycles. The van der Waals surface area contributed by atoms with Crippen LogP contribution in [0.15, 0.2) is 66.4 Å². The van der Waals surface area contributed by atoms with Gasteiger partial charge >= 0.3 is 0 Å². The number of benzene rings is 3. The normalized spacial score (nSPS) is 12.0. The first kappa shape index (κ1) is 24.4. The molecule has 0 saturated heterocycles. The maximum Gasteiger partial charge on any atom is 0.142 e. The van der Waals surface area contributed by atoms with Gasteiger partial charge in [-0.05, 0) is 71.4 Å². The topological polar surface area (TPSA) is 94.3 Å². The second-order valence-electron chi connectivity index (χ2n) is 8.67. The van der Waals surface area contributed by atoms with Gasteiger partial charge in [-0.3, -0.25) is 0 Å². The SMILES string of the molecule is C=C(C#N)/C=C(\N)COc1cc(OCc2cccc(-c3ccc4c(c3C)C4)c2C)c(Cl)cc1CN. The largest absolute Gasteiger partial charge is 0.487 e. The summed E-state index contributed by atoms with van der Waals surface area (Å²) < 4.78 is 12.0. The van der Waals surface area contributed by atoms with Crippen LogP contribution in [0.5, 0.6) is 11.5 Å². The van der Waals surface area contributed by atoms with Crippen molar-refractivity contribution in [3.8, 4) is 28.7 Å². The third-order valence-electron chi connectivity index (χ3n) is 6.29. The molecule has 0 radical (unpaired) electrons. The predicted octanol–water partition coefficient (Wildman–Crippen LogP) is 5.87. The van der Waals surface area contributed by atoms with Crippen molar-refractivity contribution in [2.45, 2.75) is 33.4 Å². The van der Waals surface area contributed by atoms with E-state index in [9.17, 15) is 0 Å². The molecule has 1 aliphatic rings. The fraction of sp³-hybridized carbons (Fsp3) is 0.207. The Morgan fingerprint density at radius 2 is 1.86 bits per heavy atom. The van der Waals surface area contributed by atoms with E-state index in [4.69, 9.17) is 37.8 Å². The van der Waals surface area contributed by atoms with Gasteiger partial charge in [-0.15, -0.1) is 0 Å². The predicted molar refractivity (Wildman–Crippen MR) is 140 cm³/mol. The highest BCUT2D eigenvalue weighted by Crippen LogP contribution is 2.39. The van der Waals surface area contributed by atoms with Gasteiger partial charge in [0.1, 0.15) is 24.7 Å². The first-order valence-electron chi connectivity index (χ1n) is 11.4. The number of nitrogens with zero attached hydrogens (tertiary/aromatic N) is 1. The fourth-order valence-electron chi connectivity index (χ4n) is 4.17. The van der Waals surface area contributed by atoms with Crippen LogP contribution in [0.4, 0.5) is 0 Å². The van der Waals surface area contributed by atoms with E-state index in [1.54, 1.807) is 12.1 Å². The van der Waals surface area contributed by atoms with Crippen LogP contribution in [0.1, 0.15) is 33.4 Å². The maximum absolute atomic E-state index is 8.86. The Hall–Kier alpha value is -3.72. The van der Waals surface area contributed by atoms with E-state index in [2.05, 4.69) is 50.8 Å². The van der Waals surface area contributed by atoms with Crippen LogP contribution in [0, 0.1) is 25.2 Å². The summed E-state index contributed by atoms with van der Waals surface area (Å²) in [5.74, 6) is 1.02. The Morgan fingerprint density at radius 3 is 2.60 bits per heavy atom. The molecule has 0 unspecified atom stereocenters. The number of hydrogen-bond acceptors (Lipinski definition) is 5. The molecule has 1 aliphatic carbocycles. The molecule has 3 aromatic rings. The summed E-state index contributed by atoms with van der Waals surface area (Å²) in [7, 11) is 0. The van der Waals surface area contributed by atoms with Crippen LogP contribution in [0.3, 0.4) is 0 Å². The molecule has 6 heteroatoms. The monoisotopic (exact) mass is 485 g/mol. The van der Waals surface area contributed by atoms with Crippen LogP contribution in [-0.2, 0) is 19.6 Å². The zero-order valence-electron chi connectivity index (χ0n) is 20.0. The Balaban J connectivity index is 1.53. The number of rotatable bonds is 9. The van der Waals surface area contributed by atoms with E-state index in [0.717, 1.165) is 17.5 Å². The molecule has 3 aromatic carbocycles. The first-order valence-corrected chi connectivity index (χ1v) is 11.7. The third kappa shape index (κ3) is 5.35. The average molecular weight is 486 g/mol. The Labute approximate surface area is 211 Å². The van der Waals surface area contributed by atoms with Crippen molar-refractivity contribution < 1.29 is 9.47 Å². The molecule has 4 N–H and O–H groups in total. The van der Waals surface area contributed by atoms with Crippen LogP contribution in [0.2, 0.25) is 5.02 Å². The number of hydrogen-bond donors (Lipinski definition) is 2. The maximum atomic E-state index is 8.86. The van der Waals surface area contributed by atoms with Gasteiger partial charge in [-0.1, -0.05) is 48.5 Å². The Bertz CT molecular complexity index is 1390. The second kappa shape index (κ2) is 10.3. The van der Waals surface area contributed by atoms with E-state index >= 15 is 0 Å². The molecule has 0 fully saturated rings. The lowest BCUT2D eigenvalue weighted by atomic mass is 9.94. The molecule has 35 heavy (non-hydrogen) atoms. The number of halogens is 1. The number of fused-ring (bicyclic) bond motifs is 1. The summed E-state index contributed by atoms with van der Waals surface area (Å²) in [4.78, 5) is 0. The van der Waals surface area contributed by atoms with E-state index in [-0.39, 0.29) is 18.7 Å². The quantitative estimate of drug-likeness (QED) is 0.228. The summed E-state index contributed by atoms with van der Waals surface area (Å²) in [6.45, 7) is 8.59. The van der Waals surface area contributed by atoms with E-state index in [0.29, 0.717) is 28.8 Å². The highest BCUT2D eigenvalue weighted by Gasteiger charge is 2.22. The van der Waals surface area contributed by atoms with Crippen molar-refractivity contribution in [3.05, 3.63) is 105 Å².